The van der Waals surface area contributed by atoms with Crippen molar-refractivity contribution < 1.29 is 4.79 Å². The van der Waals surface area contributed by atoms with Crippen molar-refractivity contribution in [3.8, 4) is 0 Å². The van der Waals surface area contributed by atoms with Crippen LogP contribution in [0.4, 0.5) is 5.82 Å². The zero-order valence-corrected chi connectivity index (χ0v) is 15.4. The fraction of sp³-hybridized carbons (Fsp3) is 0.688. The van der Waals surface area contributed by atoms with Crippen molar-refractivity contribution >= 4 is 36.5 Å². The Kier molecular flexibility index (Phi) is 8.73. The Bertz CT molecular complexity index is 505. The van der Waals surface area contributed by atoms with Crippen LogP contribution in [-0.4, -0.2) is 41.8 Å². The zero-order valence-electron chi connectivity index (χ0n) is 13.8. The van der Waals surface area contributed by atoms with E-state index in [4.69, 9.17) is 5.73 Å². The van der Waals surface area contributed by atoms with Crippen molar-refractivity contribution in [2.24, 2.45) is 17.6 Å². The molecule has 6 nitrogen and oxygen atoms in total. The minimum Gasteiger partial charge on any atom is -0.354 e. The van der Waals surface area contributed by atoms with Gasteiger partial charge in [0, 0.05) is 31.2 Å². The first kappa shape index (κ1) is 20.9. The van der Waals surface area contributed by atoms with Gasteiger partial charge in [0.15, 0.2) is 5.82 Å². The topological polar surface area (TPSA) is 84.1 Å². The fourth-order valence-corrected chi connectivity index (χ4v) is 3.81. The maximum absolute atomic E-state index is 12.4. The van der Waals surface area contributed by atoms with Gasteiger partial charge in [-0.25, -0.2) is 0 Å². The number of nitrogens with two attached hydrogens (primary N) is 1. The summed E-state index contributed by atoms with van der Waals surface area (Å²) in [6, 6.07) is 4.20. The molecule has 1 saturated heterocycles. The highest BCUT2D eigenvalue weighted by atomic mass is 35.5. The molecule has 3 N–H and O–H groups in total. The predicted molar refractivity (Wildman–Crippen MR) is 99.8 cm³/mol. The summed E-state index contributed by atoms with van der Waals surface area (Å²) >= 11 is 0. The standard InChI is InChI=1S/C16H25N5O.2ClH/c17-10-12-4-1-6-14(12)16(22)18-11-13-5-3-9-21(13)15-7-2-8-19-20-15;;/h2,7-8,12-14H,1,3-6,9-11,17H2,(H,18,22);2*1H/t12-,13?,14-;;/m1../s1. The number of amides is 1. The van der Waals surface area contributed by atoms with E-state index in [-0.39, 0.29) is 36.6 Å². The number of anilines is 1. The Morgan fingerprint density at radius 1 is 1.29 bits per heavy atom. The predicted octanol–water partition coefficient (Wildman–Crippen LogP) is 1.78. The molecule has 3 atom stereocenters. The van der Waals surface area contributed by atoms with Gasteiger partial charge in [0.2, 0.25) is 5.91 Å². The van der Waals surface area contributed by atoms with Crippen molar-refractivity contribution in [1.82, 2.24) is 15.5 Å². The maximum Gasteiger partial charge on any atom is 0.223 e. The van der Waals surface area contributed by atoms with Crippen molar-refractivity contribution in [2.45, 2.75) is 38.1 Å². The highest BCUT2D eigenvalue weighted by Crippen LogP contribution is 2.31. The lowest BCUT2D eigenvalue weighted by Crippen LogP contribution is -2.43. The normalized spacial score (nSPS) is 25.7. The van der Waals surface area contributed by atoms with Crippen LogP contribution in [0.15, 0.2) is 18.3 Å². The molecule has 1 aromatic rings. The van der Waals surface area contributed by atoms with Crippen LogP contribution in [-0.2, 0) is 4.79 Å². The summed E-state index contributed by atoms with van der Waals surface area (Å²) in [4.78, 5) is 14.7. The Morgan fingerprint density at radius 3 is 2.83 bits per heavy atom. The van der Waals surface area contributed by atoms with E-state index in [1.165, 1.54) is 0 Å². The lowest BCUT2D eigenvalue weighted by molar-refractivity contribution is -0.126. The lowest BCUT2D eigenvalue weighted by atomic mass is 9.95. The van der Waals surface area contributed by atoms with Crippen molar-refractivity contribution in [3.05, 3.63) is 18.3 Å². The average Bonchev–Trinajstić information content (AvgIpc) is 3.22. The molecule has 2 aliphatic rings. The SMILES string of the molecule is Cl.Cl.NC[C@H]1CCC[C@H]1C(=O)NCC1CCCN1c1cccnn1. The third-order valence-electron chi connectivity index (χ3n) is 5.04. The molecule has 1 aliphatic heterocycles. The molecule has 136 valence electrons. The van der Waals surface area contributed by atoms with Crippen molar-refractivity contribution in [2.75, 3.05) is 24.5 Å². The lowest BCUT2D eigenvalue weighted by Gasteiger charge is -2.26. The van der Waals surface area contributed by atoms with Gasteiger partial charge in [-0.3, -0.25) is 4.79 Å². The Balaban J connectivity index is 0.00000144. The van der Waals surface area contributed by atoms with Crippen LogP contribution in [0.1, 0.15) is 32.1 Å². The average molecular weight is 376 g/mol. The molecule has 0 spiro atoms. The number of aromatic nitrogens is 2. The van der Waals surface area contributed by atoms with Gasteiger partial charge in [-0.1, -0.05) is 6.42 Å². The molecule has 2 heterocycles. The molecule has 1 amide bonds. The number of carbonyl (C=O) groups is 1. The number of nitrogens with zero attached hydrogens (tertiary/aromatic N) is 3. The Hall–Kier alpha value is -1.11. The first-order chi connectivity index (χ1) is 10.8. The largest absolute Gasteiger partial charge is 0.354 e. The van der Waals surface area contributed by atoms with Crippen LogP contribution in [0, 0.1) is 11.8 Å². The molecule has 1 saturated carbocycles. The number of hydrogen-bond acceptors (Lipinski definition) is 5. The highest BCUT2D eigenvalue weighted by Gasteiger charge is 2.33. The zero-order chi connectivity index (χ0) is 15.4. The molecule has 2 fully saturated rings. The molecule has 24 heavy (non-hydrogen) atoms. The van der Waals surface area contributed by atoms with Gasteiger partial charge in [0.25, 0.3) is 0 Å². The second kappa shape index (κ2) is 10.0. The smallest absolute Gasteiger partial charge is 0.223 e. The van der Waals surface area contributed by atoms with E-state index in [0.29, 0.717) is 25.0 Å². The molecular weight excluding hydrogens is 349 g/mol. The number of nitrogens with one attached hydrogen (secondary N) is 1. The molecular formula is C16H27Cl2N5O. The van der Waals surface area contributed by atoms with Crippen molar-refractivity contribution in [3.63, 3.8) is 0 Å². The van der Waals surface area contributed by atoms with Gasteiger partial charge >= 0.3 is 0 Å². The van der Waals surface area contributed by atoms with E-state index in [1.807, 2.05) is 12.1 Å². The summed E-state index contributed by atoms with van der Waals surface area (Å²) in [6.45, 7) is 2.28. The monoisotopic (exact) mass is 375 g/mol. The molecule has 8 heteroatoms. The molecule has 0 aromatic carbocycles. The summed E-state index contributed by atoms with van der Waals surface area (Å²) in [5, 5.41) is 11.3. The molecule has 1 unspecified atom stereocenters. The summed E-state index contributed by atoms with van der Waals surface area (Å²) in [6.07, 6.45) is 7.09. The first-order valence-electron chi connectivity index (χ1n) is 8.31. The summed E-state index contributed by atoms with van der Waals surface area (Å²) in [7, 11) is 0. The highest BCUT2D eigenvalue weighted by molar-refractivity contribution is 5.85. The summed E-state index contributed by atoms with van der Waals surface area (Å²) in [5.41, 5.74) is 5.77. The summed E-state index contributed by atoms with van der Waals surface area (Å²) in [5.74, 6) is 1.55. The van der Waals surface area contributed by atoms with Crippen LogP contribution in [0.5, 0.6) is 0 Å². The quantitative estimate of drug-likeness (QED) is 0.819. The van der Waals surface area contributed by atoms with Gasteiger partial charge in [-0.05, 0) is 50.3 Å². The summed E-state index contributed by atoms with van der Waals surface area (Å²) < 4.78 is 0. The van der Waals surface area contributed by atoms with Crippen LogP contribution in [0.2, 0.25) is 0 Å². The molecule has 1 aromatic heterocycles. The van der Waals surface area contributed by atoms with E-state index >= 15 is 0 Å². The van der Waals surface area contributed by atoms with Crippen LogP contribution in [0.3, 0.4) is 0 Å². The third-order valence-corrected chi connectivity index (χ3v) is 5.04. The number of carbonyl (C=O) groups excluding carboxylic acids is 1. The van der Waals surface area contributed by atoms with E-state index in [2.05, 4.69) is 20.4 Å². The van der Waals surface area contributed by atoms with Crippen LogP contribution < -0.4 is 16.0 Å². The molecule has 0 radical (unpaired) electrons. The van der Waals surface area contributed by atoms with Gasteiger partial charge in [-0.2, -0.15) is 5.10 Å². The number of hydrogen-bond donors (Lipinski definition) is 2. The second-order valence-electron chi connectivity index (χ2n) is 6.35. The van der Waals surface area contributed by atoms with E-state index in [1.54, 1.807) is 6.20 Å². The molecule has 0 bridgehead atoms. The van der Waals surface area contributed by atoms with Gasteiger partial charge in [-0.15, -0.1) is 29.9 Å². The van der Waals surface area contributed by atoms with Gasteiger partial charge < -0.3 is 16.0 Å². The Morgan fingerprint density at radius 2 is 2.12 bits per heavy atom. The maximum atomic E-state index is 12.4. The number of rotatable bonds is 5. The van der Waals surface area contributed by atoms with Crippen LogP contribution >= 0.6 is 24.8 Å². The van der Waals surface area contributed by atoms with Crippen molar-refractivity contribution in [1.29, 1.82) is 0 Å². The number of halogens is 2. The van der Waals surface area contributed by atoms with E-state index in [9.17, 15) is 4.79 Å². The molecule has 3 rings (SSSR count). The third kappa shape index (κ3) is 4.71. The van der Waals surface area contributed by atoms with Crippen LogP contribution in [0.25, 0.3) is 0 Å². The van der Waals surface area contributed by atoms with E-state index < -0.39 is 0 Å². The fourth-order valence-electron chi connectivity index (χ4n) is 3.81. The molecule has 1 aliphatic carbocycles. The first-order valence-corrected chi connectivity index (χ1v) is 8.31. The minimum atomic E-state index is 0. The Labute approximate surface area is 155 Å². The minimum absolute atomic E-state index is 0. The van der Waals surface area contributed by atoms with E-state index in [0.717, 1.165) is 44.5 Å². The second-order valence-corrected chi connectivity index (χ2v) is 6.35. The van der Waals surface area contributed by atoms with Gasteiger partial charge in [0.05, 0.1) is 0 Å². The van der Waals surface area contributed by atoms with Gasteiger partial charge in [0.1, 0.15) is 0 Å².